The fraction of sp³-hybridized carbons (Fsp3) is 0.333. The van der Waals surface area contributed by atoms with E-state index < -0.39 is 0 Å². The number of ether oxygens (including phenoxy) is 1. The summed E-state index contributed by atoms with van der Waals surface area (Å²) in [5, 5.41) is 22.7. The highest BCUT2D eigenvalue weighted by atomic mass is 16.5. The standard InChI is InChI=1S/C21H23N7O/c1-13-7-15(5-6-23-13)14-3-4-17(19(8-14)29-2)18-9-20(28-27-18)26-21-12-24-16(10-22)11-25-21/h3-4,8-9,11-13,15,23H,5-7H2,1-2H3,(H2,25,26,27,28)/t13-,15?/m0/s1. The summed E-state index contributed by atoms with van der Waals surface area (Å²) in [7, 11) is 1.69. The molecular formula is C21H23N7O. The summed E-state index contributed by atoms with van der Waals surface area (Å²) >= 11 is 0. The molecule has 4 rings (SSSR count). The van der Waals surface area contributed by atoms with Crippen LogP contribution in [0.25, 0.3) is 11.3 Å². The summed E-state index contributed by atoms with van der Waals surface area (Å²) < 4.78 is 5.67. The summed E-state index contributed by atoms with van der Waals surface area (Å²) in [5.74, 6) is 2.49. The quantitative estimate of drug-likeness (QED) is 0.613. The summed E-state index contributed by atoms with van der Waals surface area (Å²) in [6, 6.07) is 10.8. The van der Waals surface area contributed by atoms with Gasteiger partial charge >= 0.3 is 0 Å². The molecule has 0 bridgehead atoms. The molecule has 0 saturated carbocycles. The van der Waals surface area contributed by atoms with Gasteiger partial charge in [0.15, 0.2) is 11.5 Å². The number of anilines is 2. The minimum atomic E-state index is 0.270. The molecule has 8 heteroatoms. The lowest BCUT2D eigenvalue weighted by Crippen LogP contribution is -2.34. The van der Waals surface area contributed by atoms with Crippen molar-refractivity contribution in [1.82, 2.24) is 25.5 Å². The first-order valence-electron chi connectivity index (χ1n) is 9.62. The Balaban J connectivity index is 1.54. The highest BCUT2D eigenvalue weighted by Gasteiger charge is 2.21. The van der Waals surface area contributed by atoms with Gasteiger partial charge in [0.1, 0.15) is 17.6 Å². The second-order valence-corrected chi connectivity index (χ2v) is 7.23. The number of rotatable bonds is 5. The van der Waals surface area contributed by atoms with Gasteiger partial charge in [0.2, 0.25) is 0 Å². The zero-order valence-electron chi connectivity index (χ0n) is 16.4. The van der Waals surface area contributed by atoms with Gasteiger partial charge in [-0.3, -0.25) is 5.10 Å². The Bertz CT molecular complexity index is 1020. The number of benzene rings is 1. The molecule has 1 unspecified atom stereocenters. The van der Waals surface area contributed by atoms with Crippen molar-refractivity contribution in [3.05, 3.63) is 47.9 Å². The zero-order valence-corrected chi connectivity index (χ0v) is 16.4. The van der Waals surface area contributed by atoms with Crippen LogP contribution < -0.4 is 15.4 Å². The van der Waals surface area contributed by atoms with E-state index in [2.05, 4.69) is 55.9 Å². The van der Waals surface area contributed by atoms with Crippen LogP contribution in [0.3, 0.4) is 0 Å². The molecule has 1 aromatic carbocycles. The maximum atomic E-state index is 8.81. The fourth-order valence-corrected chi connectivity index (χ4v) is 3.72. The van der Waals surface area contributed by atoms with Crippen molar-refractivity contribution in [3.8, 4) is 23.1 Å². The second kappa shape index (κ2) is 8.29. The number of aromatic nitrogens is 4. The number of hydrogen-bond donors (Lipinski definition) is 3. The van der Waals surface area contributed by atoms with Gasteiger partial charge in [0.05, 0.1) is 25.2 Å². The molecule has 1 aliphatic rings. The Kier molecular flexibility index (Phi) is 5.40. The average molecular weight is 389 g/mol. The molecule has 0 spiro atoms. The number of nitriles is 1. The molecule has 3 heterocycles. The van der Waals surface area contributed by atoms with Crippen LogP contribution in [0.15, 0.2) is 36.7 Å². The maximum Gasteiger partial charge on any atom is 0.158 e. The zero-order chi connectivity index (χ0) is 20.2. The van der Waals surface area contributed by atoms with Crippen molar-refractivity contribution in [2.24, 2.45) is 0 Å². The second-order valence-electron chi connectivity index (χ2n) is 7.23. The van der Waals surface area contributed by atoms with Gasteiger partial charge in [-0.05, 0) is 49.9 Å². The lowest BCUT2D eigenvalue weighted by molar-refractivity contribution is 0.378. The predicted octanol–water partition coefficient (Wildman–Crippen LogP) is 3.35. The van der Waals surface area contributed by atoms with E-state index in [0.717, 1.165) is 36.4 Å². The van der Waals surface area contributed by atoms with E-state index in [1.807, 2.05) is 12.1 Å². The first-order valence-corrected chi connectivity index (χ1v) is 9.62. The van der Waals surface area contributed by atoms with Gasteiger partial charge in [-0.25, -0.2) is 9.97 Å². The highest BCUT2D eigenvalue weighted by Crippen LogP contribution is 2.36. The molecule has 2 atom stereocenters. The molecule has 0 radical (unpaired) electrons. The molecular weight excluding hydrogens is 366 g/mol. The van der Waals surface area contributed by atoms with Crippen LogP contribution >= 0.6 is 0 Å². The van der Waals surface area contributed by atoms with Crippen LogP contribution in [-0.4, -0.2) is 39.9 Å². The molecule has 8 nitrogen and oxygen atoms in total. The monoisotopic (exact) mass is 389 g/mol. The number of piperidine rings is 1. The van der Waals surface area contributed by atoms with Gasteiger partial charge in [-0.1, -0.05) is 6.07 Å². The van der Waals surface area contributed by atoms with E-state index >= 15 is 0 Å². The van der Waals surface area contributed by atoms with E-state index in [4.69, 9.17) is 10.00 Å². The largest absolute Gasteiger partial charge is 0.496 e. The van der Waals surface area contributed by atoms with Crippen LogP contribution in [-0.2, 0) is 0 Å². The lowest BCUT2D eigenvalue weighted by Gasteiger charge is -2.28. The van der Waals surface area contributed by atoms with E-state index in [9.17, 15) is 0 Å². The molecule has 1 aliphatic heterocycles. The summed E-state index contributed by atoms with van der Waals surface area (Å²) in [6.45, 7) is 3.28. The molecule has 0 aliphatic carbocycles. The van der Waals surface area contributed by atoms with Crippen LogP contribution in [0, 0.1) is 11.3 Å². The van der Waals surface area contributed by atoms with Gasteiger partial charge in [0.25, 0.3) is 0 Å². The molecule has 3 aromatic rings. The van der Waals surface area contributed by atoms with Crippen molar-refractivity contribution in [3.63, 3.8) is 0 Å². The smallest absolute Gasteiger partial charge is 0.158 e. The maximum absolute atomic E-state index is 8.81. The Labute approximate surface area is 169 Å². The Morgan fingerprint density at radius 3 is 2.83 bits per heavy atom. The summed E-state index contributed by atoms with van der Waals surface area (Å²) in [6.07, 6.45) is 5.18. The molecule has 1 fully saturated rings. The molecule has 2 aromatic heterocycles. The number of H-pyrrole nitrogens is 1. The van der Waals surface area contributed by atoms with Crippen LogP contribution in [0.1, 0.15) is 36.9 Å². The van der Waals surface area contributed by atoms with Crippen molar-refractivity contribution in [2.75, 3.05) is 19.0 Å². The van der Waals surface area contributed by atoms with Crippen LogP contribution in [0.5, 0.6) is 5.75 Å². The van der Waals surface area contributed by atoms with Gasteiger partial charge in [-0.2, -0.15) is 10.4 Å². The van der Waals surface area contributed by atoms with E-state index in [1.165, 1.54) is 18.0 Å². The van der Waals surface area contributed by atoms with Gasteiger partial charge < -0.3 is 15.4 Å². The van der Waals surface area contributed by atoms with Crippen LogP contribution in [0.2, 0.25) is 0 Å². The van der Waals surface area contributed by atoms with Crippen molar-refractivity contribution < 1.29 is 4.74 Å². The number of nitrogens with zero attached hydrogens (tertiary/aromatic N) is 4. The lowest BCUT2D eigenvalue weighted by atomic mass is 9.86. The van der Waals surface area contributed by atoms with Crippen molar-refractivity contribution >= 4 is 11.6 Å². The molecule has 148 valence electrons. The Hall–Kier alpha value is -3.44. The Morgan fingerprint density at radius 1 is 1.21 bits per heavy atom. The van der Waals surface area contributed by atoms with Crippen molar-refractivity contribution in [1.29, 1.82) is 5.26 Å². The summed E-state index contributed by atoms with van der Waals surface area (Å²) in [4.78, 5) is 8.15. The fourth-order valence-electron chi connectivity index (χ4n) is 3.72. The molecule has 3 N–H and O–H groups in total. The molecule has 29 heavy (non-hydrogen) atoms. The number of methoxy groups -OCH3 is 1. The van der Waals surface area contributed by atoms with E-state index in [0.29, 0.717) is 23.6 Å². The minimum absolute atomic E-state index is 0.270. The van der Waals surface area contributed by atoms with E-state index in [-0.39, 0.29) is 5.69 Å². The average Bonchev–Trinajstić information content (AvgIpc) is 3.22. The van der Waals surface area contributed by atoms with Crippen molar-refractivity contribution in [2.45, 2.75) is 31.7 Å². The highest BCUT2D eigenvalue weighted by molar-refractivity contribution is 5.71. The third-order valence-electron chi connectivity index (χ3n) is 5.21. The summed E-state index contributed by atoms with van der Waals surface area (Å²) in [5.41, 5.74) is 3.37. The third-order valence-corrected chi connectivity index (χ3v) is 5.21. The van der Waals surface area contributed by atoms with Gasteiger partial charge in [0, 0.05) is 17.7 Å². The number of nitrogens with one attached hydrogen (secondary N) is 3. The first kappa shape index (κ1) is 18.9. The first-order chi connectivity index (χ1) is 14.2. The van der Waals surface area contributed by atoms with E-state index in [1.54, 1.807) is 7.11 Å². The predicted molar refractivity (Wildman–Crippen MR) is 110 cm³/mol. The Morgan fingerprint density at radius 2 is 2.10 bits per heavy atom. The van der Waals surface area contributed by atoms with Gasteiger partial charge in [-0.15, -0.1) is 0 Å². The van der Waals surface area contributed by atoms with Crippen LogP contribution in [0.4, 0.5) is 11.6 Å². The topological polar surface area (TPSA) is 112 Å². The number of hydrogen-bond acceptors (Lipinski definition) is 7. The number of aromatic amines is 1. The minimum Gasteiger partial charge on any atom is -0.496 e. The SMILES string of the molecule is COc1cc(C2CCN[C@@H](C)C2)ccc1-c1cc(Nc2cnc(C#N)cn2)n[nH]1. The normalized spacial score (nSPS) is 18.8. The molecule has 0 amide bonds. The molecule has 1 saturated heterocycles. The third kappa shape index (κ3) is 4.20.